The lowest BCUT2D eigenvalue weighted by molar-refractivity contribution is 1.32. The Hall–Kier alpha value is -1.85. The molecular weight excluding hydrogens is 234 g/mol. The summed E-state index contributed by atoms with van der Waals surface area (Å²) in [4.78, 5) is 0. The van der Waals surface area contributed by atoms with Crippen LogP contribution in [-0.2, 0) is 6.04 Å². The van der Waals surface area contributed by atoms with Crippen molar-refractivity contribution >= 4 is 13.3 Å². The van der Waals surface area contributed by atoms with E-state index in [2.05, 4.69) is 61.6 Å². The maximum Gasteiger partial charge on any atom is 0.0991 e. The first-order valence-corrected chi connectivity index (χ1v) is 9.37. The van der Waals surface area contributed by atoms with Crippen LogP contribution in [0.15, 0.2) is 54.6 Å². The van der Waals surface area contributed by atoms with Gasteiger partial charge in [-0.05, 0) is 18.2 Å². The standard InChI is InChI=1S/C16H17NSi/c1-18(2,13-15-6-4-3-5-7-15)16-10-8-14(12-17)9-11-16/h3-11H,13H2,1-2H3. The molecule has 0 fully saturated rings. The zero-order chi connectivity index (χ0) is 13.0. The molecule has 1 nitrogen and oxygen atoms in total. The topological polar surface area (TPSA) is 23.8 Å². The Morgan fingerprint density at radius 3 is 2.11 bits per heavy atom. The SMILES string of the molecule is C[Si](C)(Cc1ccccc1)c1ccc(C#N)cc1. The number of hydrogen-bond acceptors (Lipinski definition) is 1. The molecule has 0 N–H and O–H groups in total. The predicted molar refractivity (Wildman–Crippen MR) is 78.4 cm³/mol. The molecule has 0 heterocycles. The average Bonchev–Trinajstić information content (AvgIpc) is 2.39. The smallest absolute Gasteiger partial charge is 0.0991 e. The molecule has 0 aliphatic rings. The summed E-state index contributed by atoms with van der Waals surface area (Å²) >= 11 is 0. The van der Waals surface area contributed by atoms with E-state index >= 15 is 0 Å². The minimum atomic E-state index is -1.47. The first kappa shape index (κ1) is 12.6. The molecule has 0 spiro atoms. The van der Waals surface area contributed by atoms with E-state index in [1.165, 1.54) is 10.8 Å². The van der Waals surface area contributed by atoms with E-state index in [9.17, 15) is 0 Å². The molecule has 2 heteroatoms. The average molecular weight is 251 g/mol. The molecular formula is C16H17NSi. The van der Waals surface area contributed by atoms with Crippen LogP contribution in [0.2, 0.25) is 13.1 Å². The Labute approximate surface area is 110 Å². The van der Waals surface area contributed by atoms with Crippen LogP contribution in [0.1, 0.15) is 11.1 Å². The van der Waals surface area contributed by atoms with Gasteiger partial charge in [0, 0.05) is 0 Å². The van der Waals surface area contributed by atoms with Crippen LogP contribution < -0.4 is 5.19 Å². The van der Waals surface area contributed by atoms with Crippen LogP contribution in [0, 0.1) is 11.3 Å². The quantitative estimate of drug-likeness (QED) is 0.768. The minimum Gasteiger partial charge on any atom is -0.192 e. The fraction of sp³-hybridized carbons (Fsp3) is 0.188. The Balaban J connectivity index is 2.22. The molecule has 90 valence electrons. The summed E-state index contributed by atoms with van der Waals surface area (Å²) in [5, 5.41) is 10.2. The molecule has 0 saturated carbocycles. The van der Waals surface area contributed by atoms with Crippen molar-refractivity contribution in [3.63, 3.8) is 0 Å². The highest BCUT2D eigenvalue weighted by Crippen LogP contribution is 2.12. The fourth-order valence-corrected chi connectivity index (χ4v) is 4.73. The Morgan fingerprint density at radius 2 is 1.56 bits per heavy atom. The van der Waals surface area contributed by atoms with Gasteiger partial charge in [-0.15, -0.1) is 0 Å². The summed E-state index contributed by atoms with van der Waals surface area (Å²) in [6, 6.07) is 22.0. The van der Waals surface area contributed by atoms with Gasteiger partial charge in [0.05, 0.1) is 19.7 Å². The second kappa shape index (κ2) is 5.20. The van der Waals surface area contributed by atoms with E-state index < -0.39 is 8.07 Å². The maximum atomic E-state index is 8.83. The van der Waals surface area contributed by atoms with Crippen molar-refractivity contribution in [3.05, 3.63) is 65.7 Å². The van der Waals surface area contributed by atoms with Gasteiger partial charge in [0.25, 0.3) is 0 Å². The summed E-state index contributed by atoms with van der Waals surface area (Å²) in [6.45, 7) is 4.75. The molecule has 0 radical (unpaired) electrons. The summed E-state index contributed by atoms with van der Waals surface area (Å²) < 4.78 is 0. The van der Waals surface area contributed by atoms with Gasteiger partial charge in [-0.25, -0.2) is 0 Å². The monoisotopic (exact) mass is 251 g/mol. The Morgan fingerprint density at radius 1 is 0.944 bits per heavy atom. The van der Waals surface area contributed by atoms with Crippen molar-refractivity contribution in [3.8, 4) is 6.07 Å². The summed E-state index contributed by atoms with van der Waals surface area (Å²) in [6.07, 6.45) is 0. The van der Waals surface area contributed by atoms with Crippen LogP contribution in [-0.4, -0.2) is 8.07 Å². The summed E-state index contributed by atoms with van der Waals surface area (Å²) in [5.74, 6) is 0. The third-order valence-electron chi connectivity index (χ3n) is 3.28. The number of rotatable bonds is 3. The van der Waals surface area contributed by atoms with Crippen molar-refractivity contribution in [1.82, 2.24) is 0 Å². The number of nitriles is 1. The normalized spacial score (nSPS) is 10.9. The minimum absolute atomic E-state index is 0.739. The molecule has 0 aliphatic heterocycles. The molecule has 2 aromatic carbocycles. The van der Waals surface area contributed by atoms with E-state index in [0.717, 1.165) is 11.6 Å². The Bertz CT molecular complexity index is 550. The fourth-order valence-electron chi connectivity index (χ4n) is 2.20. The van der Waals surface area contributed by atoms with Crippen molar-refractivity contribution in [2.75, 3.05) is 0 Å². The van der Waals surface area contributed by atoms with Crippen molar-refractivity contribution in [2.45, 2.75) is 19.1 Å². The number of nitrogens with zero attached hydrogens (tertiary/aromatic N) is 1. The number of hydrogen-bond donors (Lipinski definition) is 0. The first-order chi connectivity index (χ1) is 8.62. The molecule has 0 saturated heterocycles. The van der Waals surface area contributed by atoms with E-state index in [1.54, 1.807) is 0 Å². The van der Waals surface area contributed by atoms with Crippen molar-refractivity contribution < 1.29 is 0 Å². The molecule has 2 rings (SSSR count). The van der Waals surface area contributed by atoms with E-state index in [-0.39, 0.29) is 0 Å². The molecule has 0 bridgehead atoms. The molecule has 2 aromatic rings. The van der Waals surface area contributed by atoms with Gasteiger partial charge in [0.1, 0.15) is 0 Å². The van der Waals surface area contributed by atoms with Crippen LogP contribution in [0.3, 0.4) is 0 Å². The third kappa shape index (κ3) is 2.88. The highest BCUT2D eigenvalue weighted by molar-refractivity contribution is 6.89. The highest BCUT2D eigenvalue weighted by atomic mass is 28.3. The van der Waals surface area contributed by atoms with Crippen LogP contribution in [0.4, 0.5) is 0 Å². The molecule has 0 aromatic heterocycles. The van der Waals surface area contributed by atoms with Crippen LogP contribution in [0.5, 0.6) is 0 Å². The van der Waals surface area contributed by atoms with Gasteiger partial charge >= 0.3 is 0 Å². The van der Waals surface area contributed by atoms with Gasteiger partial charge in [-0.1, -0.05) is 66.3 Å². The largest absolute Gasteiger partial charge is 0.192 e. The second-order valence-corrected chi connectivity index (χ2v) is 9.93. The molecule has 0 amide bonds. The Kier molecular flexibility index (Phi) is 3.64. The van der Waals surface area contributed by atoms with E-state index in [0.29, 0.717) is 0 Å². The molecule has 0 aliphatic carbocycles. The van der Waals surface area contributed by atoms with Crippen molar-refractivity contribution in [1.29, 1.82) is 5.26 Å². The first-order valence-electron chi connectivity index (χ1n) is 6.16. The lowest BCUT2D eigenvalue weighted by Gasteiger charge is -2.23. The summed E-state index contributed by atoms with van der Waals surface area (Å²) in [5.41, 5.74) is 2.14. The zero-order valence-electron chi connectivity index (χ0n) is 10.9. The zero-order valence-corrected chi connectivity index (χ0v) is 11.9. The van der Waals surface area contributed by atoms with Gasteiger partial charge in [-0.3, -0.25) is 0 Å². The van der Waals surface area contributed by atoms with Gasteiger partial charge in [0.15, 0.2) is 0 Å². The van der Waals surface area contributed by atoms with Crippen LogP contribution in [0.25, 0.3) is 0 Å². The number of benzene rings is 2. The van der Waals surface area contributed by atoms with E-state index in [4.69, 9.17) is 5.26 Å². The van der Waals surface area contributed by atoms with Crippen LogP contribution >= 0.6 is 0 Å². The molecule has 0 atom stereocenters. The van der Waals surface area contributed by atoms with Gasteiger partial charge < -0.3 is 0 Å². The van der Waals surface area contributed by atoms with Gasteiger partial charge in [0.2, 0.25) is 0 Å². The molecule has 0 unspecified atom stereocenters. The van der Waals surface area contributed by atoms with E-state index in [1.807, 2.05) is 12.1 Å². The van der Waals surface area contributed by atoms with Gasteiger partial charge in [-0.2, -0.15) is 5.26 Å². The lowest BCUT2D eigenvalue weighted by Crippen LogP contribution is -2.43. The lowest BCUT2D eigenvalue weighted by atomic mass is 10.2. The second-order valence-electron chi connectivity index (χ2n) is 5.24. The van der Waals surface area contributed by atoms with Crippen molar-refractivity contribution in [2.24, 2.45) is 0 Å². The third-order valence-corrected chi connectivity index (χ3v) is 6.47. The molecule has 18 heavy (non-hydrogen) atoms. The maximum absolute atomic E-state index is 8.83. The highest BCUT2D eigenvalue weighted by Gasteiger charge is 2.23. The predicted octanol–water partition coefficient (Wildman–Crippen LogP) is 3.26. The summed E-state index contributed by atoms with van der Waals surface area (Å²) in [7, 11) is -1.47.